The molecule has 2 rings (SSSR count). The molecule has 0 aliphatic heterocycles. The van der Waals surface area contributed by atoms with Gasteiger partial charge in [0.2, 0.25) is 5.95 Å². The molecule has 0 saturated carbocycles. The number of rotatable bonds is 1. The van der Waals surface area contributed by atoms with Crippen LogP contribution in [0.5, 0.6) is 0 Å². The van der Waals surface area contributed by atoms with E-state index >= 15 is 0 Å². The van der Waals surface area contributed by atoms with E-state index < -0.39 is 12.9 Å². The number of hydrogen-bond acceptors (Lipinski definition) is 3. The molecule has 14 heavy (non-hydrogen) atoms. The molecule has 0 radical (unpaired) electrons. The fourth-order valence-corrected chi connectivity index (χ4v) is 1.17. The maximum atomic E-state index is 13.2. The summed E-state index contributed by atoms with van der Waals surface area (Å²) in [5, 5.41) is 7.44. The van der Waals surface area contributed by atoms with Crippen LogP contribution in [0.3, 0.4) is 0 Å². The summed E-state index contributed by atoms with van der Waals surface area (Å²) in [7, 11) is 0. The highest BCUT2D eigenvalue weighted by Gasteiger charge is 2.09. The zero-order valence-corrected chi connectivity index (χ0v) is 7.40. The van der Waals surface area contributed by atoms with Crippen LogP contribution in [-0.2, 0) is 6.98 Å². The largest absolute Gasteiger partial charge is 0.228 e. The quantitative estimate of drug-likeness (QED) is 0.645. The average Bonchev–Trinajstić information content (AvgIpc) is 2.70. The predicted molar refractivity (Wildman–Crippen MR) is 48.9 cm³/mol. The Bertz CT molecular complexity index is 549. The second-order valence-corrected chi connectivity index (χ2v) is 2.79. The van der Waals surface area contributed by atoms with Gasteiger partial charge in [-0.25, -0.2) is 4.98 Å². The fraction of sp³-hybridized carbons (Fsp3) is 0.222. The normalized spacial score (nSPS) is 14.6. The summed E-state index contributed by atoms with van der Waals surface area (Å²) < 4.78 is 34.6. The molecule has 0 bridgehead atoms. The summed E-state index contributed by atoms with van der Waals surface area (Å²) >= 11 is 0. The first-order valence-electron chi connectivity index (χ1n) is 5.44. The highest BCUT2D eigenvalue weighted by molar-refractivity contribution is 5.61. The molecule has 2 aromatic heterocycles. The number of aromatic nitrogens is 4. The van der Waals surface area contributed by atoms with Crippen molar-refractivity contribution in [1.29, 1.82) is 0 Å². The van der Waals surface area contributed by atoms with Crippen LogP contribution in [0.2, 0.25) is 0 Å². The summed E-state index contributed by atoms with van der Waals surface area (Å²) in [6.45, 7) is -0.885. The molecule has 0 N–H and O–H groups in total. The SMILES string of the molecule is [2H]C([2H])([2H])n1ncc(-c2ccnc(F)c2C)n1. The monoisotopic (exact) mass is 195 g/mol. The van der Waals surface area contributed by atoms with E-state index in [1.165, 1.54) is 12.4 Å². The van der Waals surface area contributed by atoms with Crippen LogP contribution in [0.15, 0.2) is 18.5 Å². The standard InChI is InChI=1S/C9H9FN4/c1-6-7(3-4-11-9(6)10)8-5-12-14(2)13-8/h3-5H,1-2H3/i2D3. The van der Waals surface area contributed by atoms with E-state index in [-0.39, 0.29) is 0 Å². The lowest BCUT2D eigenvalue weighted by Gasteiger charge is -2.00. The van der Waals surface area contributed by atoms with Crippen LogP contribution in [0.1, 0.15) is 9.68 Å². The first kappa shape index (κ1) is 5.85. The van der Waals surface area contributed by atoms with Crippen LogP contribution in [0.25, 0.3) is 11.3 Å². The maximum absolute atomic E-state index is 13.2. The first-order chi connectivity index (χ1) is 7.89. The van der Waals surface area contributed by atoms with Crippen LogP contribution in [-0.4, -0.2) is 20.0 Å². The van der Waals surface area contributed by atoms with E-state index in [1.807, 2.05) is 0 Å². The van der Waals surface area contributed by atoms with Gasteiger partial charge >= 0.3 is 0 Å². The second kappa shape index (κ2) is 3.17. The molecule has 5 heteroatoms. The molecule has 0 fully saturated rings. The molecule has 0 aliphatic rings. The number of nitrogens with zero attached hydrogens (tertiary/aromatic N) is 4. The van der Waals surface area contributed by atoms with E-state index in [9.17, 15) is 4.39 Å². The van der Waals surface area contributed by atoms with E-state index in [0.717, 1.165) is 0 Å². The molecule has 2 aromatic rings. The summed E-state index contributed by atoms with van der Waals surface area (Å²) in [5.74, 6) is -0.606. The molecule has 72 valence electrons. The average molecular weight is 195 g/mol. The van der Waals surface area contributed by atoms with Gasteiger partial charge in [-0.1, -0.05) is 0 Å². The first-order valence-corrected chi connectivity index (χ1v) is 3.94. The Balaban J connectivity index is 2.48. The second-order valence-electron chi connectivity index (χ2n) is 2.79. The van der Waals surface area contributed by atoms with E-state index in [1.54, 1.807) is 13.0 Å². The van der Waals surface area contributed by atoms with Crippen LogP contribution in [0.4, 0.5) is 4.39 Å². The molecule has 0 saturated heterocycles. The lowest BCUT2D eigenvalue weighted by molar-refractivity contribution is 0.575. The van der Waals surface area contributed by atoms with E-state index in [2.05, 4.69) is 15.2 Å². The van der Waals surface area contributed by atoms with Gasteiger partial charge in [0.25, 0.3) is 0 Å². The molecule has 0 unspecified atom stereocenters. The third kappa shape index (κ3) is 1.37. The lowest BCUT2D eigenvalue weighted by Crippen LogP contribution is -1.94. The molecule has 0 amide bonds. The van der Waals surface area contributed by atoms with Gasteiger partial charge < -0.3 is 0 Å². The summed E-state index contributed by atoms with van der Waals surface area (Å²) in [4.78, 5) is 4.11. The van der Waals surface area contributed by atoms with Crippen molar-refractivity contribution in [3.05, 3.63) is 30.0 Å². The van der Waals surface area contributed by atoms with Crippen molar-refractivity contribution in [2.24, 2.45) is 6.98 Å². The Labute approximate surface area is 84.6 Å². The van der Waals surface area contributed by atoms with Gasteiger partial charge in [0, 0.05) is 28.4 Å². The Hall–Kier alpha value is -1.78. The molecule has 0 atom stereocenters. The van der Waals surface area contributed by atoms with Crippen molar-refractivity contribution in [2.75, 3.05) is 0 Å². The number of halogens is 1. The maximum Gasteiger partial charge on any atom is 0.216 e. The molecule has 0 aliphatic carbocycles. The molecule has 0 aromatic carbocycles. The smallest absolute Gasteiger partial charge is 0.216 e. The third-order valence-corrected chi connectivity index (χ3v) is 1.91. The van der Waals surface area contributed by atoms with Gasteiger partial charge in [-0.05, 0) is 13.0 Å². The minimum Gasteiger partial charge on any atom is -0.228 e. The molecule has 0 spiro atoms. The van der Waals surface area contributed by atoms with Gasteiger partial charge in [-0.3, -0.25) is 0 Å². The number of hydrogen-bond donors (Lipinski definition) is 0. The van der Waals surface area contributed by atoms with Gasteiger partial charge in [-0.15, -0.1) is 0 Å². The molecule has 4 nitrogen and oxygen atoms in total. The van der Waals surface area contributed by atoms with Crippen LogP contribution in [0, 0.1) is 12.9 Å². The Morgan fingerprint density at radius 3 is 3.14 bits per heavy atom. The van der Waals surface area contributed by atoms with E-state index in [4.69, 9.17) is 4.11 Å². The molecule has 2 heterocycles. The predicted octanol–water partition coefficient (Wildman–Crippen LogP) is 1.32. The number of pyridine rings is 1. The van der Waals surface area contributed by atoms with Crippen molar-refractivity contribution < 1.29 is 8.50 Å². The summed E-state index contributed by atoms with van der Waals surface area (Å²) in [5.41, 5.74) is 1.10. The molecular weight excluding hydrogens is 183 g/mol. The van der Waals surface area contributed by atoms with Crippen molar-refractivity contribution in [3.63, 3.8) is 0 Å². The van der Waals surface area contributed by atoms with Gasteiger partial charge in [0.1, 0.15) is 5.69 Å². The third-order valence-electron chi connectivity index (χ3n) is 1.91. The van der Waals surface area contributed by atoms with Gasteiger partial charge in [0.15, 0.2) is 0 Å². The highest BCUT2D eigenvalue weighted by atomic mass is 19.1. The van der Waals surface area contributed by atoms with E-state index in [0.29, 0.717) is 21.6 Å². The summed E-state index contributed by atoms with van der Waals surface area (Å²) in [6, 6.07) is 1.56. The fourth-order valence-electron chi connectivity index (χ4n) is 1.17. The van der Waals surface area contributed by atoms with Crippen LogP contribution < -0.4 is 0 Å². The lowest BCUT2D eigenvalue weighted by atomic mass is 10.1. The number of aryl methyl sites for hydroxylation is 1. The molecular formula is C9H9FN4. The van der Waals surface area contributed by atoms with Gasteiger partial charge in [0.05, 0.1) is 6.20 Å². The zero-order valence-electron chi connectivity index (χ0n) is 10.4. The van der Waals surface area contributed by atoms with Gasteiger partial charge in [-0.2, -0.15) is 19.4 Å². The van der Waals surface area contributed by atoms with Crippen molar-refractivity contribution >= 4 is 0 Å². The summed E-state index contributed by atoms with van der Waals surface area (Å²) in [6.07, 6.45) is 2.58. The van der Waals surface area contributed by atoms with Crippen molar-refractivity contribution in [1.82, 2.24) is 20.0 Å². The van der Waals surface area contributed by atoms with Crippen molar-refractivity contribution in [2.45, 2.75) is 6.92 Å². The highest BCUT2D eigenvalue weighted by Crippen LogP contribution is 2.20. The minimum atomic E-state index is -2.43. The Kier molecular flexibility index (Phi) is 1.32. The topological polar surface area (TPSA) is 43.6 Å². The van der Waals surface area contributed by atoms with Crippen LogP contribution >= 0.6 is 0 Å². The Morgan fingerprint density at radius 1 is 1.57 bits per heavy atom. The zero-order chi connectivity index (χ0) is 12.6. The Morgan fingerprint density at radius 2 is 2.43 bits per heavy atom. The minimum absolute atomic E-state index is 0.305. The van der Waals surface area contributed by atoms with Crippen molar-refractivity contribution in [3.8, 4) is 11.3 Å².